The smallest absolute Gasteiger partial charge is 0.223 e. The number of allylic oxidation sites excluding steroid dienone is 2. The first kappa shape index (κ1) is 39.9. The molecule has 271 valence electrons. The van der Waals surface area contributed by atoms with Gasteiger partial charge in [-0.05, 0) is 54.4 Å². The maximum atomic E-state index is 11.7. The van der Waals surface area contributed by atoms with Crippen molar-refractivity contribution in [2.45, 2.75) is 99.8 Å². The molecule has 6 aromatic rings. The third-order valence-electron chi connectivity index (χ3n) is 9.91. The molecule has 0 saturated carbocycles. The van der Waals surface area contributed by atoms with Gasteiger partial charge in [-0.25, -0.2) is 4.98 Å². The number of furan rings is 1. The molecule has 0 unspecified atom stereocenters. The van der Waals surface area contributed by atoms with Crippen LogP contribution in [-0.2, 0) is 36.7 Å². The Morgan fingerprint density at radius 2 is 1.55 bits per heavy atom. The van der Waals surface area contributed by atoms with Crippen molar-refractivity contribution >= 4 is 49.4 Å². The molecule has 2 heterocycles. The second-order valence-corrected chi connectivity index (χ2v) is 15.0. The Hall–Kier alpha value is -3.86. The topological polar surface area (TPSA) is 76.2 Å². The molecule has 0 spiro atoms. The Bertz CT molecular complexity index is 2150. The van der Waals surface area contributed by atoms with Gasteiger partial charge in [0.2, 0.25) is 5.71 Å². The van der Waals surface area contributed by atoms with Gasteiger partial charge in [0.25, 0.3) is 0 Å². The summed E-state index contributed by atoms with van der Waals surface area (Å²) in [6.07, 6.45) is 7.51. The van der Waals surface area contributed by atoms with E-state index in [1.165, 1.54) is 33.4 Å². The summed E-state index contributed by atoms with van der Waals surface area (Å²) in [6, 6.07) is 25.2. The predicted octanol–water partition coefficient (Wildman–Crippen LogP) is 12.5. The average Bonchev–Trinajstić information content (AvgIpc) is 3.48. The summed E-state index contributed by atoms with van der Waals surface area (Å²) in [6.45, 7) is 19.3. The fourth-order valence-corrected chi connectivity index (χ4v) is 7.08. The molecule has 0 saturated heterocycles. The van der Waals surface area contributed by atoms with Crippen LogP contribution in [0.1, 0.15) is 99.1 Å². The third-order valence-corrected chi connectivity index (χ3v) is 9.91. The summed E-state index contributed by atoms with van der Waals surface area (Å²) in [7, 11) is 0. The number of carbonyl (C=O) groups excluding carboxylic acids is 1. The Balaban J connectivity index is 0.000000312. The Morgan fingerprint density at radius 1 is 0.863 bits per heavy atom. The van der Waals surface area contributed by atoms with Crippen molar-refractivity contribution in [1.82, 2.24) is 9.97 Å². The summed E-state index contributed by atoms with van der Waals surface area (Å²) in [5.41, 5.74) is 5.93. The predicted molar refractivity (Wildman–Crippen MR) is 210 cm³/mol. The molecular formula is C45H53IrN2O3-. The molecule has 0 bridgehead atoms. The van der Waals surface area contributed by atoms with Crippen molar-refractivity contribution in [2.75, 3.05) is 0 Å². The second kappa shape index (κ2) is 17.1. The van der Waals surface area contributed by atoms with Crippen molar-refractivity contribution in [3.05, 3.63) is 96.0 Å². The first-order valence-corrected chi connectivity index (χ1v) is 18.4. The number of ketones is 1. The van der Waals surface area contributed by atoms with Gasteiger partial charge < -0.3 is 9.52 Å². The fraction of sp³-hybridized carbons (Fsp3) is 0.400. The van der Waals surface area contributed by atoms with E-state index in [0.29, 0.717) is 11.6 Å². The van der Waals surface area contributed by atoms with Gasteiger partial charge in [-0.15, -0.1) is 29.1 Å². The van der Waals surface area contributed by atoms with Gasteiger partial charge >= 0.3 is 0 Å². The standard InChI is InChI=1S/C32H29N2O.C13H24O2.Ir/c1-19(2)15-22-11-8-10-20-13-14-25-28-29(33-18-34-31(28)35-30(25)27(20)22)23-16-21-9-6-7-12-24(21)26(17-23)32(3,4)5;1-5-10(6-2)12(14)9-13(15)11(7-3)8-4;/h6-14,17-19H,15H2,1-5H3;9-11,14H,5-8H2,1-4H3;/q-1;;/b;12-9-;. The molecule has 0 amide bonds. The largest absolute Gasteiger partial charge is 0.512 e. The zero-order valence-electron chi connectivity index (χ0n) is 31.7. The van der Waals surface area contributed by atoms with Crippen molar-refractivity contribution < 1.29 is 34.4 Å². The summed E-state index contributed by atoms with van der Waals surface area (Å²) >= 11 is 0. The van der Waals surface area contributed by atoms with Gasteiger partial charge in [-0.3, -0.25) is 9.78 Å². The van der Waals surface area contributed by atoms with Gasteiger partial charge in [-0.2, -0.15) is 0 Å². The minimum Gasteiger partial charge on any atom is -0.512 e. The maximum Gasteiger partial charge on any atom is 0.223 e. The maximum absolute atomic E-state index is 11.7. The minimum absolute atomic E-state index is 0. The van der Waals surface area contributed by atoms with E-state index in [1.807, 2.05) is 27.7 Å². The summed E-state index contributed by atoms with van der Waals surface area (Å²) in [5.74, 6) is 1.10. The van der Waals surface area contributed by atoms with Crippen LogP contribution in [0, 0.1) is 23.8 Å². The number of hydrogen-bond donors (Lipinski definition) is 1. The Morgan fingerprint density at radius 3 is 2.20 bits per heavy atom. The van der Waals surface area contributed by atoms with Crippen LogP contribution in [0.4, 0.5) is 0 Å². The quantitative estimate of drug-likeness (QED) is 0.0843. The number of hydrogen-bond acceptors (Lipinski definition) is 5. The molecule has 0 aliphatic rings. The van der Waals surface area contributed by atoms with Gasteiger partial charge in [0.1, 0.15) is 11.9 Å². The summed E-state index contributed by atoms with van der Waals surface area (Å²) in [4.78, 5) is 21.0. The van der Waals surface area contributed by atoms with E-state index >= 15 is 0 Å². The van der Waals surface area contributed by atoms with Gasteiger partial charge in [0.05, 0.1) is 5.76 Å². The van der Waals surface area contributed by atoms with E-state index in [9.17, 15) is 9.90 Å². The van der Waals surface area contributed by atoms with Crippen LogP contribution in [0.3, 0.4) is 0 Å². The van der Waals surface area contributed by atoms with Crippen molar-refractivity contribution in [1.29, 1.82) is 0 Å². The monoisotopic (exact) mass is 862 g/mol. The minimum atomic E-state index is -0.0178. The van der Waals surface area contributed by atoms with E-state index in [4.69, 9.17) is 9.40 Å². The molecule has 2 aromatic heterocycles. The van der Waals surface area contributed by atoms with Crippen LogP contribution >= 0.6 is 0 Å². The van der Waals surface area contributed by atoms with Crippen molar-refractivity contribution in [3.8, 4) is 11.3 Å². The first-order valence-electron chi connectivity index (χ1n) is 18.4. The number of benzene rings is 4. The first-order chi connectivity index (χ1) is 23.9. The SMILES string of the molecule is CC(C)Cc1cccc2ccc3c(oc4ncnc(-c5[c-]c6ccccc6c(C(C)(C)C)c5)c43)c12.CCC(CC)C(=O)/C=C(\O)C(CC)CC.[Ir]. The molecule has 1 radical (unpaired) electrons. The Labute approximate surface area is 317 Å². The molecule has 4 aromatic carbocycles. The number of aliphatic hydroxyl groups is 1. The van der Waals surface area contributed by atoms with E-state index in [2.05, 4.69) is 106 Å². The summed E-state index contributed by atoms with van der Waals surface area (Å²) in [5, 5.41) is 16.5. The zero-order valence-corrected chi connectivity index (χ0v) is 34.1. The Kier molecular flexibility index (Phi) is 13.4. The molecule has 0 atom stereocenters. The van der Waals surface area contributed by atoms with Crippen LogP contribution in [0.25, 0.3) is 54.9 Å². The zero-order chi connectivity index (χ0) is 36.2. The molecule has 0 fully saturated rings. The van der Waals surface area contributed by atoms with Gasteiger partial charge in [-0.1, -0.05) is 122 Å². The van der Waals surface area contributed by atoms with E-state index in [0.717, 1.165) is 65.1 Å². The van der Waals surface area contributed by atoms with E-state index in [1.54, 1.807) is 6.33 Å². The molecule has 6 rings (SSSR count). The molecule has 0 aliphatic carbocycles. The molecule has 6 heteroatoms. The van der Waals surface area contributed by atoms with Crippen LogP contribution in [-0.4, -0.2) is 20.9 Å². The molecule has 51 heavy (non-hydrogen) atoms. The van der Waals surface area contributed by atoms with E-state index in [-0.39, 0.29) is 48.9 Å². The normalized spacial score (nSPS) is 12.3. The van der Waals surface area contributed by atoms with Crippen molar-refractivity contribution in [2.24, 2.45) is 17.8 Å². The molecule has 5 nitrogen and oxygen atoms in total. The van der Waals surface area contributed by atoms with E-state index < -0.39 is 0 Å². The van der Waals surface area contributed by atoms with Crippen molar-refractivity contribution in [3.63, 3.8) is 0 Å². The molecular weight excluding hydrogens is 809 g/mol. The number of fused-ring (bicyclic) bond motifs is 6. The second-order valence-electron chi connectivity index (χ2n) is 15.0. The van der Waals surface area contributed by atoms with Crippen LogP contribution in [0.5, 0.6) is 0 Å². The summed E-state index contributed by atoms with van der Waals surface area (Å²) < 4.78 is 6.47. The van der Waals surface area contributed by atoms with Crippen LogP contribution < -0.4 is 0 Å². The fourth-order valence-electron chi connectivity index (χ4n) is 7.08. The van der Waals surface area contributed by atoms with Crippen LogP contribution in [0.2, 0.25) is 0 Å². The third kappa shape index (κ3) is 8.62. The van der Waals surface area contributed by atoms with Gasteiger partial charge in [0.15, 0.2) is 5.78 Å². The number of aliphatic hydroxyl groups excluding tert-OH is 1. The van der Waals surface area contributed by atoms with Crippen LogP contribution in [0.15, 0.2) is 83.2 Å². The number of aromatic nitrogens is 2. The number of carbonyl (C=O) groups is 1. The molecule has 0 aliphatic heterocycles. The molecule has 1 N–H and O–H groups in total. The number of nitrogens with zero attached hydrogens (tertiary/aromatic N) is 2. The average molecular weight is 862 g/mol. The van der Waals surface area contributed by atoms with Gasteiger partial charge in [0, 0.05) is 59.9 Å². The number of rotatable bonds is 10.